The van der Waals surface area contributed by atoms with Gasteiger partial charge < -0.3 is 4.90 Å². The van der Waals surface area contributed by atoms with E-state index < -0.39 is 0 Å². The van der Waals surface area contributed by atoms with Crippen LogP contribution in [0, 0.1) is 0 Å². The summed E-state index contributed by atoms with van der Waals surface area (Å²) in [7, 11) is 0. The highest BCUT2D eigenvalue weighted by Gasteiger charge is 2.34. The monoisotopic (exact) mass is 514 g/mol. The van der Waals surface area contributed by atoms with Crippen LogP contribution in [0.15, 0.2) is 51.7 Å². The van der Waals surface area contributed by atoms with Gasteiger partial charge in [-0.2, -0.15) is 9.50 Å². The van der Waals surface area contributed by atoms with Crippen molar-refractivity contribution in [2.24, 2.45) is 0 Å². The van der Waals surface area contributed by atoms with Crippen molar-refractivity contribution in [1.29, 1.82) is 0 Å². The van der Waals surface area contributed by atoms with E-state index in [0.29, 0.717) is 32.5 Å². The number of hydrogen-bond acceptors (Lipinski definition) is 5. The number of fused-ring (bicyclic) bond motifs is 2. The van der Waals surface area contributed by atoms with Gasteiger partial charge in [0.15, 0.2) is 5.82 Å². The van der Waals surface area contributed by atoms with Crippen molar-refractivity contribution in [2.45, 2.75) is 19.8 Å². The Morgan fingerprint density at radius 3 is 2.74 bits per heavy atom. The molecule has 5 rings (SSSR count). The van der Waals surface area contributed by atoms with E-state index in [1.807, 2.05) is 30.3 Å². The largest absolute Gasteiger partial charge is 0.308 e. The van der Waals surface area contributed by atoms with Gasteiger partial charge in [-0.05, 0) is 36.8 Å². The Labute approximate surface area is 194 Å². The predicted molar refractivity (Wildman–Crippen MR) is 127 cm³/mol. The minimum Gasteiger partial charge on any atom is -0.308 e. The lowest BCUT2D eigenvalue weighted by molar-refractivity contribution is -0.113. The van der Waals surface area contributed by atoms with Crippen LogP contribution in [0.5, 0.6) is 0 Å². The molecule has 0 N–H and O–H groups in total. The Morgan fingerprint density at radius 1 is 1.16 bits per heavy atom. The zero-order chi connectivity index (χ0) is 21.7. The number of benzene rings is 2. The molecule has 31 heavy (non-hydrogen) atoms. The van der Waals surface area contributed by atoms with Crippen LogP contribution in [0.3, 0.4) is 0 Å². The standard InChI is InChI=1S/C22H16BrClN4O2S/c1-2-3-9-27-16-8-7-13(23)11-15(16)17(20(27)29)18-21(30)28-22(31-18)25-19(26-28)12-5-4-6-14(24)10-12/h4-8,10-11H,2-3,9H2,1H3. The predicted octanol–water partition coefficient (Wildman–Crippen LogP) is 4.30. The van der Waals surface area contributed by atoms with Crippen molar-refractivity contribution in [3.05, 3.63) is 72.4 Å². The number of unbranched alkanes of at least 4 members (excludes halogenated alkanes) is 1. The van der Waals surface area contributed by atoms with E-state index in [0.717, 1.165) is 34.1 Å². The summed E-state index contributed by atoms with van der Waals surface area (Å²) in [5, 5.41) is 4.95. The highest BCUT2D eigenvalue weighted by Crippen LogP contribution is 2.37. The molecule has 1 aliphatic rings. The number of carbonyl (C=O) groups is 1. The SMILES string of the molecule is CCCCN1C(=O)C(=c2sc3nc(-c4cccc(Cl)c4)nn3c2=O)c2cc(Br)ccc21. The van der Waals surface area contributed by atoms with Gasteiger partial charge >= 0.3 is 0 Å². The van der Waals surface area contributed by atoms with Crippen molar-refractivity contribution in [1.82, 2.24) is 14.6 Å². The molecule has 3 heterocycles. The van der Waals surface area contributed by atoms with Gasteiger partial charge in [-0.1, -0.05) is 64.3 Å². The third-order valence-electron chi connectivity index (χ3n) is 5.18. The number of anilines is 1. The van der Waals surface area contributed by atoms with Gasteiger partial charge in [0.25, 0.3) is 11.5 Å². The Bertz CT molecular complexity index is 1460. The van der Waals surface area contributed by atoms with Crippen LogP contribution in [-0.4, -0.2) is 27.0 Å². The van der Waals surface area contributed by atoms with Crippen molar-refractivity contribution in [2.75, 3.05) is 11.4 Å². The Morgan fingerprint density at radius 2 is 2.00 bits per heavy atom. The fraction of sp³-hybridized carbons (Fsp3) is 0.182. The third kappa shape index (κ3) is 3.39. The smallest absolute Gasteiger partial charge is 0.291 e. The molecule has 6 nitrogen and oxygen atoms in total. The number of nitrogens with zero attached hydrogens (tertiary/aromatic N) is 4. The van der Waals surface area contributed by atoms with Crippen LogP contribution in [-0.2, 0) is 4.79 Å². The van der Waals surface area contributed by atoms with Gasteiger partial charge in [0, 0.05) is 27.2 Å². The first-order chi connectivity index (χ1) is 15.0. The molecule has 2 aromatic heterocycles. The molecule has 0 aliphatic carbocycles. The van der Waals surface area contributed by atoms with E-state index in [1.54, 1.807) is 17.0 Å². The average Bonchev–Trinajstić information content (AvgIpc) is 3.37. The number of thiazole rings is 1. The van der Waals surface area contributed by atoms with Crippen molar-refractivity contribution in [3.8, 4) is 11.4 Å². The minimum atomic E-state index is -0.340. The van der Waals surface area contributed by atoms with E-state index in [9.17, 15) is 9.59 Å². The Balaban J connectivity index is 1.71. The molecule has 2 aromatic carbocycles. The molecule has 0 spiro atoms. The Kier molecular flexibility index (Phi) is 5.16. The van der Waals surface area contributed by atoms with E-state index in [2.05, 4.69) is 32.9 Å². The molecule has 0 atom stereocenters. The molecule has 156 valence electrons. The molecule has 0 radical (unpaired) electrons. The van der Waals surface area contributed by atoms with Crippen LogP contribution in [0.1, 0.15) is 25.3 Å². The molecule has 0 saturated carbocycles. The van der Waals surface area contributed by atoms with Crippen LogP contribution < -0.4 is 15.0 Å². The van der Waals surface area contributed by atoms with Crippen molar-refractivity contribution in [3.63, 3.8) is 0 Å². The summed E-state index contributed by atoms with van der Waals surface area (Å²) in [6.07, 6.45) is 1.86. The van der Waals surface area contributed by atoms with Gasteiger partial charge in [-0.15, -0.1) is 5.10 Å². The quantitative estimate of drug-likeness (QED) is 0.406. The van der Waals surface area contributed by atoms with E-state index in [-0.39, 0.29) is 11.5 Å². The van der Waals surface area contributed by atoms with Crippen LogP contribution in [0.4, 0.5) is 5.69 Å². The normalized spacial score (nSPS) is 15.2. The number of rotatable bonds is 4. The molecule has 1 amide bonds. The summed E-state index contributed by atoms with van der Waals surface area (Å²) in [6.45, 7) is 2.70. The lowest BCUT2D eigenvalue weighted by atomic mass is 10.1. The third-order valence-corrected chi connectivity index (χ3v) is 6.94. The summed E-state index contributed by atoms with van der Waals surface area (Å²) in [5.41, 5.74) is 2.39. The minimum absolute atomic E-state index is 0.154. The molecule has 0 unspecified atom stereocenters. The second kappa shape index (κ2) is 7.85. The number of halogens is 2. The zero-order valence-corrected chi connectivity index (χ0v) is 19.6. The fourth-order valence-corrected chi connectivity index (χ4v) is 5.25. The van der Waals surface area contributed by atoms with Gasteiger partial charge in [0.05, 0.1) is 11.3 Å². The molecular formula is C22H16BrClN4O2S. The number of aromatic nitrogens is 3. The van der Waals surface area contributed by atoms with Gasteiger partial charge in [-0.25, -0.2) is 0 Å². The Hall–Kier alpha value is -2.55. The first-order valence-electron chi connectivity index (χ1n) is 9.79. The molecule has 1 aliphatic heterocycles. The summed E-state index contributed by atoms with van der Waals surface area (Å²) >= 11 is 10.7. The zero-order valence-electron chi connectivity index (χ0n) is 16.4. The average molecular weight is 516 g/mol. The van der Waals surface area contributed by atoms with E-state index in [4.69, 9.17) is 11.6 Å². The van der Waals surface area contributed by atoms with Gasteiger partial charge in [0.1, 0.15) is 4.53 Å². The topological polar surface area (TPSA) is 67.6 Å². The second-order valence-electron chi connectivity index (χ2n) is 7.22. The molecule has 0 saturated heterocycles. The van der Waals surface area contributed by atoms with Crippen molar-refractivity contribution < 1.29 is 4.79 Å². The van der Waals surface area contributed by atoms with Gasteiger partial charge in [0.2, 0.25) is 4.96 Å². The maximum absolute atomic E-state index is 13.3. The number of carbonyl (C=O) groups excluding carboxylic acids is 1. The van der Waals surface area contributed by atoms with Crippen LogP contribution in [0.25, 0.3) is 21.9 Å². The van der Waals surface area contributed by atoms with E-state index in [1.165, 1.54) is 15.9 Å². The summed E-state index contributed by atoms with van der Waals surface area (Å²) in [6, 6.07) is 12.9. The summed E-state index contributed by atoms with van der Waals surface area (Å²) in [4.78, 5) is 33.3. The first-order valence-corrected chi connectivity index (χ1v) is 11.8. The molecule has 0 bridgehead atoms. The maximum Gasteiger partial charge on any atom is 0.291 e. The molecule has 4 aromatic rings. The number of hydrogen-bond donors (Lipinski definition) is 0. The maximum atomic E-state index is 13.3. The molecule has 9 heteroatoms. The lowest BCUT2D eigenvalue weighted by Crippen LogP contribution is -2.33. The molecular weight excluding hydrogens is 500 g/mol. The first kappa shape index (κ1) is 20.4. The lowest BCUT2D eigenvalue weighted by Gasteiger charge is -2.16. The fourth-order valence-electron chi connectivity index (χ4n) is 3.70. The van der Waals surface area contributed by atoms with Gasteiger partial charge in [-0.3, -0.25) is 9.59 Å². The van der Waals surface area contributed by atoms with Crippen molar-refractivity contribution >= 4 is 61.0 Å². The number of amides is 1. The summed E-state index contributed by atoms with van der Waals surface area (Å²) < 4.78 is 2.48. The van der Waals surface area contributed by atoms with Crippen LogP contribution >= 0.6 is 38.9 Å². The van der Waals surface area contributed by atoms with Crippen LogP contribution in [0.2, 0.25) is 5.02 Å². The second-order valence-corrected chi connectivity index (χ2v) is 9.55. The highest BCUT2D eigenvalue weighted by atomic mass is 79.9. The van der Waals surface area contributed by atoms with E-state index >= 15 is 0 Å². The summed E-state index contributed by atoms with van der Waals surface area (Å²) in [5.74, 6) is 0.270. The molecule has 0 fully saturated rings. The highest BCUT2D eigenvalue weighted by molar-refractivity contribution is 9.10.